The summed E-state index contributed by atoms with van der Waals surface area (Å²) in [6.07, 6.45) is 5.93. The summed E-state index contributed by atoms with van der Waals surface area (Å²) in [5, 5.41) is 5.24. The molecule has 1 aromatic carbocycles. The molecule has 3 aromatic rings. The van der Waals surface area contributed by atoms with E-state index in [9.17, 15) is 0 Å². The minimum atomic E-state index is 0.753. The monoisotopic (exact) mass is 339 g/mol. The number of benzene rings is 1. The molecule has 0 amide bonds. The van der Waals surface area contributed by atoms with Gasteiger partial charge in [-0.05, 0) is 31.3 Å². The van der Waals surface area contributed by atoms with Gasteiger partial charge in [-0.25, -0.2) is 9.97 Å². The van der Waals surface area contributed by atoms with Crippen LogP contribution in [0.15, 0.2) is 46.4 Å². The Morgan fingerprint density at radius 3 is 3.00 bits per heavy atom. The Hall–Kier alpha value is -2.51. The Morgan fingerprint density at radius 2 is 2.21 bits per heavy atom. The number of anilines is 1. The predicted molar refractivity (Wildman–Crippen MR) is 95.3 cm³/mol. The number of nitrogens with zero attached hydrogens (tertiary/aromatic N) is 4. The minimum absolute atomic E-state index is 0.753. The highest BCUT2D eigenvalue weighted by atomic mass is 32.1. The number of hydrazone groups is 1. The number of thiazole rings is 1. The Kier molecular flexibility index (Phi) is 4.10. The average Bonchev–Trinajstić information content (AvgIpc) is 3.24. The molecule has 0 radical (unpaired) electrons. The van der Waals surface area contributed by atoms with E-state index in [1.54, 1.807) is 23.7 Å². The maximum absolute atomic E-state index is 5.27. The normalized spacial score (nSPS) is 14.9. The van der Waals surface area contributed by atoms with Crippen molar-refractivity contribution in [3.05, 3.63) is 52.4 Å². The van der Waals surface area contributed by atoms with Gasteiger partial charge in [0, 0.05) is 30.0 Å². The lowest BCUT2D eigenvalue weighted by Crippen LogP contribution is -2.25. The molecule has 1 N–H and O–H groups in total. The topological polar surface area (TPSA) is 66.6 Å². The van der Waals surface area contributed by atoms with Crippen molar-refractivity contribution in [2.45, 2.75) is 13.0 Å². The quantitative estimate of drug-likeness (QED) is 0.584. The SMILES string of the molecule is CN1CCc2nc(C=NNc3ccc(-c4cnco4)cc3)sc2C1. The van der Waals surface area contributed by atoms with Gasteiger partial charge in [0.1, 0.15) is 5.01 Å². The highest BCUT2D eigenvalue weighted by Crippen LogP contribution is 2.24. The lowest BCUT2D eigenvalue weighted by molar-refractivity contribution is 0.314. The number of hydrogen-bond acceptors (Lipinski definition) is 7. The van der Waals surface area contributed by atoms with E-state index in [1.165, 1.54) is 17.0 Å². The molecule has 0 saturated carbocycles. The lowest BCUT2D eigenvalue weighted by Gasteiger charge is -2.20. The molecule has 0 aliphatic carbocycles. The second-order valence-corrected chi connectivity index (χ2v) is 6.84. The van der Waals surface area contributed by atoms with Gasteiger partial charge in [-0.1, -0.05) is 0 Å². The fourth-order valence-electron chi connectivity index (χ4n) is 2.63. The van der Waals surface area contributed by atoms with Gasteiger partial charge >= 0.3 is 0 Å². The zero-order chi connectivity index (χ0) is 16.4. The van der Waals surface area contributed by atoms with Crippen molar-refractivity contribution in [3.63, 3.8) is 0 Å². The summed E-state index contributed by atoms with van der Waals surface area (Å²) in [5.74, 6) is 0.753. The predicted octanol–water partition coefficient (Wildman–Crippen LogP) is 3.23. The summed E-state index contributed by atoms with van der Waals surface area (Å²) in [6.45, 7) is 2.06. The average molecular weight is 339 g/mol. The summed E-state index contributed by atoms with van der Waals surface area (Å²) in [4.78, 5) is 12.2. The number of oxazole rings is 1. The molecule has 7 heteroatoms. The molecule has 2 aromatic heterocycles. The third-order valence-corrected chi connectivity index (χ3v) is 4.93. The molecule has 0 saturated heterocycles. The van der Waals surface area contributed by atoms with Crippen LogP contribution in [0.2, 0.25) is 0 Å². The zero-order valence-corrected chi connectivity index (χ0v) is 14.1. The van der Waals surface area contributed by atoms with E-state index in [4.69, 9.17) is 4.42 Å². The number of hydrogen-bond donors (Lipinski definition) is 1. The third kappa shape index (κ3) is 3.22. The molecule has 6 nitrogen and oxygen atoms in total. The van der Waals surface area contributed by atoms with Crippen LogP contribution in [0.4, 0.5) is 5.69 Å². The van der Waals surface area contributed by atoms with Crippen LogP contribution in [0.1, 0.15) is 15.6 Å². The fourth-order valence-corrected chi connectivity index (χ4v) is 3.69. The molecule has 0 fully saturated rings. The van der Waals surface area contributed by atoms with Crippen LogP contribution < -0.4 is 5.43 Å². The summed E-state index contributed by atoms with van der Waals surface area (Å²) in [5.41, 5.74) is 6.15. The number of nitrogens with one attached hydrogen (secondary N) is 1. The maximum Gasteiger partial charge on any atom is 0.181 e. The molecule has 4 rings (SSSR count). The Bertz CT molecular complexity index is 839. The van der Waals surface area contributed by atoms with Gasteiger partial charge in [0.05, 0.1) is 23.8 Å². The lowest BCUT2D eigenvalue weighted by atomic mass is 10.2. The van der Waals surface area contributed by atoms with Crippen LogP contribution in [-0.2, 0) is 13.0 Å². The standard InChI is InChI=1S/C17H17N5OS/c1-22-7-6-14-16(10-22)24-17(20-14)9-19-21-13-4-2-12(3-5-13)15-8-18-11-23-15/h2-5,8-9,11,21H,6-7,10H2,1H3. The van der Waals surface area contributed by atoms with Gasteiger partial charge in [-0.3, -0.25) is 5.43 Å². The molecule has 1 aliphatic rings. The van der Waals surface area contributed by atoms with E-state index in [0.717, 1.165) is 41.5 Å². The van der Waals surface area contributed by atoms with Crippen molar-refractivity contribution in [1.29, 1.82) is 0 Å². The van der Waals surface area contributed by atoms with Crippen molar-refractivity contribution < 1.29 is 4.42 Å². The third-order valence-electron chi connectivity index (χ3n) is 3.91. The molecule has 122 valence electrons. The van der Waals surface area contributed by atoms with Crippen molar-refractivity contribution in [2.75, 3.05) is 19.0 Å². The van der Waals surface area contributed by atoms with Gasteiger partial charge in [0.25, 0.3) is 0 Å². The molecule has 24 heavy (non-hydrogen) atoms. The van der Waals surface area contributed by atoms with Crippen molar-refractivity contribution >= 4 is 23.2 Å². The second kappa shape index (κ2) is 6.54. The van der Waals surface area contributed by atoms with E-state index in [-0.39, 0.29) is 0 Å². The highest BCUT2D eigenvalue weighted by molar-refractivity contribution is 7.13. The van der Waals surface area contributed by atoms with Crippen LogP contribution in [0.3, 0.4) is 0 Å². The van der Waals surface area contributed by atoms with E-state index in [0.29, 0.717) is 0 Å². The zero-order valence-electron chi connectivity index (χ0n) is 13.3. The largest absolute Gasteiger partial charge is 0.444 e. The van der Waals surface area contributed by atoms with Crippen LogP contribution in [0.5, 0.6) is 0 Å². The van der Waals surface area contributed by atoms with Gasteiger partial charge in [-0.15, -0.1) is 11.3 Å². The van der Waals surface area contributed by atoms with E-state index >= 15 is 0 Å². The molecule has 0 atom stereocenters. The molecule has 0 unspecified atom stereocenters. The highest BCUT2D eigenvalue weighted by Gasteiger charge is 2.17. The molecular formula is C17H17N5OS. The van der Waals surface area contributed by atoms with Crippen LogP contribution in [-0.4, -0.2) is 34.7 Å². The Balaban J connectivity index is 1.40. The Morgan fingerprint density at radius 1 is 1.33 bits per heavy atom. The maximum atomic E-state index is 5.27. The summed E-state index contributed by atoms with van der Waals surface area (Å²) in [7, 11) is 2.14. The first-order valence-corrected chi connectivity index (χ1v) is 8.55. The molecule has 0 bridgehead atoms. The smallest absolute Gasteiger partial charge is 0.181 e. The van der Waals surface area contributed by atoms with E-state index < -0.39 is 0 Å². The second-order valence-electron chi connectivity index (χ2n) is 5.72. The van der Waals surface area contributed by atoms with Crippen molar-refractivity contribution in [3.8, 4) is 11.3 Å². The first-order chi connectivity index (χ1) is 11.8. The molecular weight excluding hydrogens is 322 g/mol. The van der Waals surface area contributed by atoms with Gasteiger partial charge < -0.3 is 9.32 Å². The molecule has 0 spiro atoms. The summed E-state index contributed by atoms with van der Waals surface area (Å²) in [6, 6.07) is 7.85. The number of fused-ring (bicyclic) bond motifs is 1. The van der Waals surface area contributed by atoms with Crippen molar-refractivity contribution in [2.24, 2.45) is 5.10 Å². The first kappa shape index (κ1) is 15.0. The summed E-state index contributed by atoms with van der Waals surface area (Å²) >= 11 is 1.71. The van der Waals surface area contributed by atoms with Crippen LogP contribution in [0.25, 0.3) is 11.3 Å². The minimum Gasteiger partial charge on any atom is -0.444 e. The molecule has 3 heterocycles. The van der Waals surface area contributed by atoms with Gasteiger partial charge in [-0.2, -0.15) is 5.10 Å². The van der Waals surface area contributed by atoms with E-state index in [1.807, 2.05) is 24.3 Å². The Labute approximate surface area is 143 Å². The van der Waals surface area contributed by atoms with E-state index in [2.05, 4.69) is 32.4 Å². The number of aromatic nitrogens is 2. The number of likely N-dealkylation sites (N-methyl/N-ethyl adjacent to an activating group) is 1. The first-order valence-electron chi connectivity index (χ1n) is 7.73. The van der Waals surface area contributed by atoms with Crippen molar-refractivity contribution in [1.82, 2.24) is 14.9 Å². The fraction of sp³-hybridized carbons (Fsp3) is 0.235. The van der Waals surface area contributed by atoms with Gasteiger partial charge in [0.15, 0.2) is 12.2 Å². The molecule has 1 aliphatic heterocycles. The number of rotatable bonds is 4. The van der Waals surface area contributed by atoms with Crippen LogP contribution in [0, 0.1) is 0 Å². The van der Waals surface area contributed by atoms with Gasteiger partial charge in [0.2, 0.25) is 0 Å². The van der Waals surface area contributed by atoms with Crippen LogP contribution >= 0.6 is 11.3 Å². The summed E-state index contributed by atoms with van der Waals surface area (Å²) < 4.78 is 5.27.